The van der Waals surface area contributed by atoms with Crippen LogP contribution in [0.5, 0.6) is 5.75 Å². The maximum Gasteiger partial charge on any atom is 0.142 e. The summed E-state index contributed by atoms with van der Waals surface area (Å²) in [6.45, 7) is 1.11. The summed E-state index contributed by atoms with van der Waals surface area (Å²) in [6, 6.07) is 7.34. The molecule has 0 saturated heterocycles. The second kappa shape index (κ2) is 6.42. The highest BCUT2D eigenvalue weighted by molar-refractivity contribution is 5.68. The molecule has 0 aliphatic rings. The molecule has 1 aromatic rings. The van der Waals surface area contributed by atoms with E-state index in [2.05, 4.69) is 10.3 Å². The highest BCUT2D eigenvalue weighted by atomic mass is 16.5. The number of ether oxygens (including phenoxy) is 1. The highest BCUT2D eigenvalue weighted by Crippen LogP contribution is 2.19. The fraction of sp³-hybridized carbons (Fsp3) is 0.200. The van der Waals surface area contributed by atoms with E-state index in [0.717, 1.165) is 6.34 Å². The average molecular weight is 206 g/mol. The lowest BCUT2D eigenvalue weighted by Gasteiger charge is -2.07. The maximum absolute atomic E-state index is 6.63. The Balaban J connectivity index is 2.23. The minimum Gasteiger partial charge on any atom is -0.490 e. The summed E-state index contributed by atoms with van der Waals surface area (Å²) in [5.41, 5.74) is 6.31. The number of para-hydroxylation sites is 2. The van der Waals surface area contributed by atoms with Gasteiger partial charge in [0.25, 0.3) is 0 Å². The van der Waals surface area contributed by atoms with Crippen LogP contribution in [0.15, 0.2) is 29.3 Å². The van der Waals surface area contributed by atoms with Crippen molar-refractivity contribution in [3.05, 3.63) is 24.3 Å². The summed E-state index contributed by atoms with van der Waals surface area (Å²) in [7, 11) is 0. The lowest BCUT2D eigenvalue weighted by molar-refractivity contribution is 0.324. The Labute approximate surface area is 88.5 Å². The summed E-state index contributed by atoms with van der Waals surface area (Å²) >= 11 is 0. The molecule has 80 valence electrons. The van der Waals surface area contributed by atoms with E-state index >= 15 is 0 Å². The van der Waals surface area contributed by atoms with Crippen molar-refractivity contribution in [2.24, 2.45) is 4.99 Å². The van der Waals surface area contributed by atoms with Gasteiger partial charge in [0.05, 0.1) is 12.0 Å². The van der Waals surface area contributed by atoms with Gasteiger partial charge in [-0.05, 0) is 12.1 Å². The summed E-state index contributed by atoms with van der Waals surface area (Å²) in [5, 5.41) is 9.50. The number of rotatable bonds is 6. The van der Waals surface area contributed by atoms with Gasteiger partial charge in [-0.25, -0.2) is 4.99 Å². The zero-order valence-electron chi connectivity index (χ0n) is 8.31. The second-order valence-corrected chi connectivity index (χ2v) is 2.75. The fourth-order valence-electron chi connectivity index (χ4n) is 0.986. The van der Waals surface area contributed by atoms with E-state index in [4.69, 9.17) is 15.9 Å². The third-order valence-electron chi connectivity index (χ3n) is 1.66. The molecule has 1 rings (SSSR count). The van der Waals surface area contributed by atoms with Crippen LogP contribution in [0, 0.1) is 5.41 Å². The van der Waals surface area contributed by atoms with Crippen LogP contribution in [0.3, 0.4) is 0 Å². The van der Waals surface area contributed by atoms with E-state index in [9.17, 15) is 0 Å². The first-order chi connectivity index (χ1) is 7.34. The Bertz CT molecular complexity index is 338. The molecule has 0 atom stereocenters. The minimum atomic E-state index is 0.498. The molecular formula is C10H14N4O. The van der Waals surface area contributed by atoms with E-state index in [1.54, 1.807) is 6.07 Å². The molecule has 5 nitrogen and oxygen atoms in total. The molecule has 0 unspecified atom stereocenters. The highest BCUT2D eigenvalue weighted by Gasteiger charge is 1.96. The Morgan fingerprint density at radius 1 is 1.47 bits per heavy atom. The van der Waals surface area contributed by atoms with Crippen molar-refractivity contribution in [3.8, 4) is 5.75 Å². The third kappa shape index (κ3) is 4.12. The maximum atomic E-state index is 6.63. The van der Waals surface area contributed by atoms with E-state index < -0.39 is 0 Å². The van der Waals surface area contributed by atoms with E-state index in [1.165, 1.54) is 6.34 Å². The van der Waals surface area contributed by atoms with Crippen molar-refractivity contribution >= 4 is 18.4 Å². The van der Waals surface area contributed by atoms with Crippen molar-refractivity contribution in [2.45, 2.75) is 0 Å². The van der Waals surface area contributed by atoms with Gasteiger partial charge >= 0.3 is 0 Å². The molecule has 0 aliphatic heterocycles. The Hall–Kier alpha value is -2.04. The average Bonchev–Trinajstić information content (AvgIpc) is 2.25. The third-order valence-corrected chi connectivity index (χ3v) is 1.66. The molecule has 0 bridgehead atoms. The molecule has 0 saturated carbocycles. The van der Waals surface area contributed by atoms with Crippen molar-refractivity contribution in [1.29, 1.82) is 5.41 Å². The lowest BCUT2D eigenvalue weighted by Crippen LogP contribution is -2.19. The van der Waals surface area contributed by atoms with Crippen molar-refractivity contribution in [1.82, 2.24) is 5.32 Å². The molecule has 15 heavy (non-hydrogen) atoms. The number of anilines is 1. The Morgan fingerprint density at radius 2 is 2.27 bits per heavy atom. The number of nitrogens with two attached hydrogens (primary N) is 1. The SMILES string of the molecule is N=C/N=C\NCCOc1ccccc1N. The van der Waals surface area contributed by atoms with Gasteiger partial charge in [-0.15, -0.1) is 0 Å². The van der Waals surface area contributed by atoms with Gasteiger partial charge in [-0.2, -0.15) is 0 Å². The summed E-state index contributed by atoms with van der Waals surface area (Å²) in [4.78, 5) is 3.56. The Morgan fingerprint density at radius 3 is 3.00 bits per heavy atom. The Kier molecular flexibility index (Phi) is 4.72. The molecular weight excluding hydrogens is 192 g/mol. The molecule has 0 heterocycles. The predicted molar refractivity (Wildman–Crippen MR) is 61.6 cm³/mol. The predicted octanol–water partition coefficient (Wildman–Crippen LogP) is 0.873. The van der Waals surface area contributed by atoms with Crippen LogP contribution in [0.25, 0.3) is 0 Å². The van der Waals surface area contributed by atoms with E-state index in [-0.39, 0.29) is 0 Å². The molecule has 1 aromatic carbocycles. The molecule has 0 aromatic heterocycles. The number of aliphatic imine (C=N–C) groups is 1. The molecule has 5 heteroatoms. The van der Waals surface area contributed by atoms with Crippen LogP contribution in [0.2, 0.25) is 0 Å². The molecule has 0 spiro atoms. The van der Waals surface area contributed by atoms with Crippen molar-refractivity contribution in [3.63, 3.8) is 0 Å². The smallest absolute Gasteiger partial charge is 0.142 e. The summed E-state index contributed by atoms with van der Waals surface area (Å²) in [5.74, 6) is 0.684. The van der Waals surface area contributed by atoms with Gasteiger partial charge in [-0.1, -0.05) is 12.1 Å². The number of nitrogens with zero attached hydrogens (tertiary/aromatic N) is 1. The van der Waals surface area contributed by atoms with Crippen molar-refractivity contribution < 1.29 is 4.74 Å². The van der Waals surface area contributed by atoms with Crippen LogP contribution in [-0.4, -0.2) is 25.8 Å². The van der Waals surface area contributed by atoms with Crippen molar-refractivity contribution in [2.75, 3.05) is 18.9 Å². The first-order valence-electron chi connectivity index (χ1n) is 4.56. The number of hydrogen-bond acceptors (Lipinski definition) is 3. The van der Waals surface area contributed by atoms with Gasteiger partial charge in [0.15, 0.2) is 0 Å². The standard InChI is InChI=1S/C10H14N4O/c11-7-14-8-13-5-6-15-10-4-2-1-3-9(10)12/h1-4,7-8H,5-6,12H2,(H2,11,13,14). The zero-order chi connectivity index (χ0) is 10.9. The fourth-order valence-corrected chi connectivity index (χ4v) is 0.986. The number of hydrogen-bond donors (Lipinski definition) is 3. The first kappa shape index (κ1) is 11.0. The summed E-state index contributed by atoms with van der Waals surface area (Å²) in [6.07, 6.45) is 2.41. The van der Waals surface area contributed by atoms with Gasteiger partial charge in [0, 0.05) is 6.54 Å². The second-order valence-electron chi connectivity index (χ2n) is 2.75. The largest absolute Gasteiger partial charge is 0.490 e. The summed E-state index contributed by atoms with van der Waals surface area (Å²) < 4.78 is 5.41. The van der Waals surface area contributed by atoms with Gasteiger partial charge < -0.3 is 15.8 Å². The molecule has 0 radical (unpaired) electrons. The van der Waals surface area contributed by atoms with Gasteiger partial charge in [-0.3, -0.25) is 5.41 Å². The minimum absolute atomic E-state index is 0.498. The van der Waals surface area contributed by atoms with E-state index in [0.29, 0.717) is 24.6 Å². The van der Waals surface area contributed by atoms with E-state index in [1.807, 2.05) is 18.2 Å². The number of nitrogen functional groups attached to an aromatic ring is 1. The number of nitrogens with one attached hydrogen (secondary N) is 2. The van der Waals surface area contributed by atoms with Crippen LogP contribution in [0.4, 0.5) is 5.69 Å². The van der Waals surface area contributed by atoms with Crippen LogP contribution in [-0.2, 0) is 0 Å². The topological polar surface area (TPSA) is 83.5 Å². The lowest BCUT2D eigenvalue weighted by atomic mass is 10.3. The van der Waals surface area contributed by atoms with Crippen LogP contribution >= 0.6 is 0 Å². The van der Waals surface area contributed by atoms with Gasteiger partial charge in [0.2, 0.25) is 0 Å². The molecule has 0 aliphatic carbocycles. The first-order valence-corrected chi connectivity index (χ1v) is 4.56. The number of benzene rings is 1. The molecule has 0 fully saturated rings. The van der Waals surface area contributed by atoms with Gasteiger partial charge in [0.1, 0.15) is 18.7 Å². The monoisotopic (exact) mass is 206 g/mol. The molecule has 4 N–H and O–H groups in total. The quantitative estimate of drug-likeness (QED) is 0.279. The van der Waals surface area contributed by atoms with Crippen LogP contribution < -0.4 is 15.8 Å². The van der Waals surface area contributed by atoms with Crippen LogP contribution in [0.1, 0.15) is 0 Å². The zero-order valence-corrected chi connectivity index (χ0v) is 8.31. The normalized spacial score (nSPS) is 10.1. The molecule has 0 amide bonds.